The van der Waals surface area contributed by atoms with Gasteiger partial charge in [-0.15, -0.1) is 0 Å². The summed E-state index contributed by atoms with van der Waals surface area (Å²) in [4.78, 5) is 17.5. The van der Waals surface area contributed by atoms with Crippen LogP contribution in [0.5, 0.6) is 0 Å². The molecular weight excluding hydrogens is 264 g/mol. The van der Waals surface area contributed by atoms with E-state index in [2.05, 4.69) is 23.2 Å². The average Bonchev–Trinajstić information content (AvgIpc) is 2.91. The number of aromatic amines is 1. The van der Waals surface area contributed by atoms with Crippen molar-refractivity contribution in [2.75, 3.05) is 13.7 Å². The molecule has 0 spiro atoms. The highest BCUT2D eigenvalue weighted by Gasteiger charge is 2.36. The van der Waals surface area contributed by atoms with Gasteiger partial charge in [0.15, 0.2) is 0 Å². The van der Waals surface area contributed by atoms with Gasteiger partial charge in [0.05, 0.1) is 6.10 Å². The number of nitrogens with one attached hydrogen (secondary N) is 1. The predicted octanol–water partition coefficient (Wildman–Crippen LogP) is 2.94. The molecule has 0 atom stereocenters. The Bertz CT molecular complexity index is 629. The summed E-state index contributed by atoms with van der Waals surface area (Å²) in [6, 6.07) is 8.24. The van der Waals surface area contributed by atoms with Gasteiger partial charge in [-0.25, -0.2) is 0 Å². The fraction of sp³-hybridized carbons (Fsp3) is 0.471. The molecule has 1 aliphatic carbocycles. The number of ether oxygens (including phenoxy) is 1. The van der Waals surface area contributed by atoms with Gasteiger partial charge in [-0.2, -0.15) is 0 Å². The number of carbonyl (C=O) groups is 1. The normalized spacial score (nSPS) is 21.2. The van der Waals surface area contributed by atoms with E-state index in [1.807, 2.05) is 31.1 Å². The number of amides is 1. The van der Waals surface area contributed by atoms with Crippen LogP contribution in [0.1, 0.15) is 25.3 Å². The molecule has 1 fully saturated rings. The van der Waals surface area contributed by atoms with Crippen molar-refractivity contribution in [1.82, 2.24) is 9.88 Å². The van der Waals surface area contributed by atoms with E-state index < -0.39 is 0 Å². The van der Waals surface area contributed by atoms with Crippen molar-refractivity contribution >= 4 is 16.8 Å². The Balaban J connectivity index is 1.63. The number of hydrogen-bond donors (Lipinski definition) is 1. The van der Waals surface area contributed by atoms with E-state index >= 15 is 0 Å². The van der Waals surface area contributed by atoms with Crippen molar-refractivity contribution < 1.29 is 9.53 Å². The number of aromatic nitrogens is 1. The third-order valence-electron chi connectivity index (χ3n) is 4.32. The van der Waals surface area contributed by atoms with Gasteiger partial charge >= 0.3 is 0 Å². The van der Waals surface area contributed by atoms with Crippen molar-refractivity contribution in [2.24, 2.45) is 5.92 Å². The maximum Gasteiger partial charge on any atom is 0.225 e. The van der Waals surface area contributed by atoms with Gasteiger partial charge in [0.1, 0.15) is 0 Å². The summed E-state index contributed by atoms with van der Waals surface area (Å²) >= 11 is 0. The van der Waals surface area contributed by atoms with Crippen molar-refractivity contribution in [3.63, 3.8) is 0 Å². The van der Waals surface area contributed by atoms with Crippen LogP contribution in [0.15, 0.2) is 30.5 Å². The lowest BCUT2D eigenvalue weighted by Gasteiger charge is -2.36. The van der Waals surface area contributed by atoms with E-state index in [0.717, 1.165) is 25.0 Å². The molecule has 1 heterocycles. The van der Waals surface area contributed by atoms with Gasteiger partial charge in [0.25, 0.3) is 0 Å². The molecule has 1 aliphatic rings. The minimum absolute atomic E-state index is 0.136. The second-order valence-corrected chi connectivity index (χ2v) is 5.80. The Morgan fingerprint density at radius 2 is 2.19 bits per heavy atom. The standard InChI is InChI=1S/C17H22N2O2/c1-3-21-14-9-13(10-14)17(20)19(2)11-12-5-4-6-16-15(12)7-8-18-16/h4-8,13-14,18H,3,9-11H2,1-2H3. The van der Waals surface area contributed by atoms with Crippen molar-refractivity contribution in [1.29, 1.82) is 0 Å². The molecule has 1 N–H and O–H groups in total. The highest BCUT2D eigenvalue weighted by atomic mass is 16.5. The van der Waals surface area contributed by atoms with Crippen LogP contribution in [0.25, 0.3) is 10.9 Å². The number of H-pyrrole nitrogens is 1. The second kappa shape index (κ2) is 5.90. The van der Waals surface area contributed by atoms with Crippen LogP contribution >= 0.6 is 0 Å². The number of rotatable bonds is 5. The maximum atomic E-state index is 12.4. The Labute approximate surface area is 125 Å². The molecule has 0 bridgehead atoms. The summed E-state index contributed by atoms with van der Waals surface area (Å²) in [6.45, 7) is 3.39. The first-order chi connectivity index (χ1) is 10.2. The second-order valence-electron chi connectivity index (χ2n) is 5.80. The lowest BCUT2D eigenvalue weighted by molar-refractivity contribution is -0.143. The smallest absolute Gasteiger partial charge is 0.225 e. The molecule has 1 amide bonds. The molecular formula is C17H22N2O2. The predicted molar refractivity (Wildman–Crippen MR) is 82.9 cm³/mol. The topological polar surface area (TPSA) is 45.3 Å². The third kappa shape index (κ3) is 2.81. The first-order valence-corrected chi connectivity index (χ1v) is 7.60. The molecule has 4 nitrogen and oxygen atoms in total. The maximum absolute atomic E-state index is 12.4. The molecule has 1 saturated carbocycles. The molecule has 3 rings (SSSR count). The first kappa shape index (κ1) is 14.1. The molecule has 0 aliphatic heterocycles. The molecule has 21 heavy (non-hydrogen) atoms. The minimum Gasteiger partial charge on any atom is -0.378 e. The molecule has 1 aromatic carbocycles. The number of fused-ring (bicyclic) bond motifs is 1. The monoisotopic (exact) mass is 286 g/mol. The van der Waals surface area contributed by atoms with Gasteiger partial charge in [-0.1, -0.05) is 12.1 Å². The average molecular weight is 286 g/mol. The van der Waals surface area contributed by atoms with Crippen LogP contribution in [0.2, 0.25) is 0 Å². The Kier molecular flexibility index (Phi) is 3.97. The summed E-state index contributed by atoms with van der Waals surface area (Å²) in [6.07, 6.45) is 3.95. The fourth-order valence-corrected chi connectivity index (χ4v) is 3.07. The Morgan fingerprint density at radius 1 is 1.38 bits per heavy atom. The zero-order valence-corrected chi connectivity index (χ0v) is 12.6. The zero-order chi connectivity index (χ0) is 14.8. The van der Waals surface area contributed by atoms with E-state index in [4.69, 9.17) is 4.74 Å². The first-order valence-electron chi connectivity index (χ1n) is 7.60. The summed E-state index contributed by atoms with van der Waals surface area (Å²) in [5, 5.41) is 1.19. The van der Waals surface area contributed by atoms with Crippen LogP contribution in [0.3, 0.4) is 0 Å². The van der Waals surface area contributed by atoms with Crippen LogP contribution < -0.4 is 0 Å². The van der Waals surface area contributed by atoms with E-state index in [0.29, 0.717) is 6.54 Å². The van der Waals surface area contributed by atoms with Crippen LogP contribution in [0.4, 0.5) is 0 Å². The van der Waals surface area contributed by atoms with Gasteiger partial charge in [-0.05, 0) is 37.5 Å². The van der Waals surface area contributed by atoms with Crippen molar-refractivity contribution in [3.8, 4) is 0 Å². The minimum atomic E-state index is 0.136. The van der Waals surface area contributed by atoms with E-state index in [9.17, 15) is 4.79 Å². The van der Waals surface area contributed by atoms with E-state index in [-0.39, 0.29) is 17.9 Å². The highest BCUT2D eigenvalue weighted by Crippen LogP contribution is 2.32. The molecule has 0 radical (unpaired) electrons. The van der Waals surface area contributed by atoms with Gasteiger partial charge in [0, 0.05) is 43.2 Å². The lowest BCUT2D eigenvalue weighted by Crippen LogP contribution is -2.42. The number of hydrogen-bond acceptors (Lipinski definition) is 2. The SMILES string of the molecule is CCOC1CC(C(=O)N(C)Cc2cccc3[nH]ccc23)C1. The summed E-state index contributed by atoms with van der Waals surface area (Å²) in [5.74, 6) is 0.371. The van der Waals surface area contributed by atoms with E-state index in [1.165, 1.54) is 10.9 Å². The lowest BCUT2D eigenvalue weighted by atomic mass is 9.81. The van der Waals surface area contributed by atoms with E-state index in [1.54, 1.807) is 0 Å². The third-order valence-corrected chi connectivity index (χ3v) is 4.32. The summed E-state index contributed by atoms with van der Waals surface area (Å²) < 4.78 is 5.53. The summed E-state index contributed by atoms with van der Waals surface area (Å²) in [5.41, 5.74) is 2.30. The number of nitrogens with zero attached hydrogens (tertiary/aromatic N) is 1. The molecule has 4 heteroatoms. The summed E-state index contributed by atoms with van der Waals surface area (Å²) in [7, 11) is 1.89. The Hall–Kier alpha value is -1.81. The van der Waals surface area contributed by atoms with Crippen LogP contribution in [-0.4, -0.2) is 35.5 Å². The largest absolute Gasteiger partial charge is 0.378 e. The number of carbonyl (C=O) groups excluding carboxylic acids is 1. The molecule has 0 unspecified atom stereocenters. The molecule has 112 valence electrons. The zero-order valence-electron chi connectivity index (χ0n) is 12.6. The van der Waals surface area contributed by atoms with Gasteiger partial charge < -0.3 is 14.6 Å². The number of benzene rings is 1. The molecule has 2 aromatic rings. The van der Waals surface area contributed by atoms with Crippen molar-refractivity contribution in [2.45, 2.75) is 32.4 Å². The van der Waals surface area contributed by atoms with Crippen LogP contribution in [-0.2, 0) is 16.1 Å². The Morgan fingerprint density at radius 3 is 2.95 bits per heavy atom. The van der Waals surface area contributed by atoms with Gasteiger partial charge in [-0.3, -0.25) is 4.79 Å². The van der Waals surface area contributed by atoms with Crippen molar-refractivity contribution in [3.05, 3.63) is 36.0 Å². The van der Waals surface area contributed by atoms with Crippen LogP contribution in [0, 0.1) is 5.92 Å². The highest BCUT2D eigenvalue weighted by molar-refractivity contribution is 5.84. The molecule has 0 saturated heterocycles. The van der Waals surface area contributed by atoms with Gasteiger partial charge in [0.2, 0.25) is 5.91 Å². The quantitative estimate of drug-likeness (QED) is 0.918. The fourth-order valence-electron chi connectivity index (χ4n) is 3.07. The molecule has 1 aromatic heterocycles.